The summed E-state index contributed by atoms with van der Waals surface area (Å²) >= 11 is 0. The minimum Gasteiger partial charge on any atom is -0.338 e. The summed E-state index contributed by atoms with van der Waals surface area (Å²) in [4.78, 5) is 21.6. The van der Waals surface area contributed by atoms with Crippen LogP contribution in [0.25, 0.3) is 17.1 Å². The molecule has 0 bridgehead atoms. The van der Waals surface area contributed by atoms with Gasteiger partial charge in [-0.1, -0.05) is 34.6 Å². The Kier molecular flexibility index (Phi) is 5.89. The van der Waals surface area contributed by atoms with Crippen molar-refractivity contribution in [2.24, 2.45) is 0 Å². The fraction of sp³-hybridized carbons (Fsp3) is 0.292. The average Bonchev–Trinajstić information content (AvgIpc) is 3.47. The first-order valence-corrected chi connectivity index (χ1v) is 11.1. The van der Waals surface area contributed by atoms with Gasteiger partial charge in [0.2, 0.25) is 11.7 Å². The summed E-state index contributed by atoms with van der Waals surface area (Å²) in [5.74, 6) is 0.644. The van der Waals surface area contributed by atoms with Crippen LogP contribution in [0.1, 0.15) is 27.6 Å². The fourth-order valence-electron chi connectivity index (χ4n) is 4.06. The zero-order chi connectivity index (χ0) is 23.7. The van der Waals surface area contributed by atoms with E-state index in [1.54, 1.807) is 28.6 Å². The summed E-state index contributed by atoms with van der Waals surface area (Å²) in [5.41, 5.74) is 3.62. The highest BCUT2D eigenvalue weighted by Crippen LogP contribution is 2.21. The zero-order valence-corrected chi connectivity index (χ0v) is 19.0. The molecule has 1 amide bonds. The number of amides is 1. The summed E-state index contributed by atoms with van der Waals surface area (Å²) in [6.07, 6.45) is 0. The highest BCUT2D eigenvalue weighted by molar-refractivity contribution is 5.93. The highest BCUT2D eigenvalue weighted by atomic mass is 19.1. The number of nitrogens with zero attached hydrogens (tertiary/aromatic N) is 7. The lowest BCUT2D eigenvalue weighted by atomic mass is 10.1. The highest BCUT2D eigenvalue weighted by Gasteiger charge is 2.27. The van der Waals surface area contributed by atoms with Crippen LogP contribution in [0, 0.1) is 19.7 Å². The van der Waals surface area contributed by atoms with E-state index in [4.69, 9.17) is 4.52 Å². The molecule has 1 aliphatic rings. The van der Waals surface area contributed by atoms with Crippen molar-refractivity contribution in [2.45, 2.75) is 20.4 Å². The molecule has 0 N–H and O–H groups in total. The molecule has 174 valence electrons. The average molecular weight is 462 g/mol. The monoisotopic (exact) mass is 461 g/mol. The normalized spacial score (nSPS) is 14.5. The topological polar surface area (TPSA) is 93.2 Å². The van der Waals surface area contributed by atoms with E-state index in [0.29, 0.717) is 61.5 Å². The second-order valence-corrected chi connectivity index (χ2v) is 8.31. The van der Waals surface area contributed by atoms with Crippen molar-refractivity contribution < 1.29 is 13.7 Å². The fourth-order valence-corrected chi connectivity index (χ4v) is 4.06. The van der Waals surface area contributed by atoms with E-state index < -0.39 is 0 Å². The Bertz CT molecular complexity index is 1310. The van der Waals surface area contributed by atoms with Crippen LogP contribution in [-0.2, 0) is 6.54 Å². The molecule has 1 aliphatic heterocycles. The van der Waals surface area contributed by atoms with Crippen molar-refractivity contribution in [1.29, 1.82) is 0 Å². The van der Waals surface area contributed by atoms with Gasteiger partial charge in [-0.05, 0) is 43.7 Å². The third kappa shape index (κ3) is 4.32. The third-order valence-electron chi connectivity index (χ3n) is 6.04. The van der Waals surface area contributed by atoms with E-state index in [-0.39, 0.29) is 11.7 Å². The van der Waals surface area contributed by atoms with E-state index in [9.17, 15) is 9.18 Å². The van der Waals surface area contributed by atoms with Crippen molar-refractivity contribution in [2.75, 3.05) is 26.2 Å². The van der Waals surface area contributed by atoms with Crippen LogP contribution in [0.2, 0.25) is 0 Å². The smallest absolute Gasteiger partial charge is 0.276 e. The Hall–Kier alpha value is -3.92. The molecule has 2 aromatic heterocycles. The van der Waals surface area contributed by atoms with Crippen LogP contribution in [0.3, 0.4) is 0 Å². The summed E-state index contributed by atoms with van der Waals surface area (Å²) in [7, 11) is 0. The van der Waals surface area contributed by atoms with Gasteiger partial charge < -0.3 is 9.42 Å². The molecule has 10 heteroatoms. The van der Waals surface area contributed by atoms with Gasteiger partial charge in [0, 0.05) is 31.7 Å². The van der Waals surface area contributed by atoms with Gasteiger partial charge in [0.1, 0.15) is 5.82 Å². The molecule has 0 unspecified atom stereocenters. The Morgan fingerprint density at radius 3 is 2.50 bits per heavy atom. The van der Waals surface area contributed by atoms with Gasteiger partial charge in [-0.25, -0.2) is 9.07 Å². The van der Waals surface area contributed by atoms with Gasteiger partial charge in [-0.3, -0.25) is 9.69 Å². The van der Waals surface area contributed by atoms with Crippen molar-refractivity contribution in [3.8, 4) is 17.1 Å². The van der Waals surface area contributed by atoms with Crippen LogP contribution in [0.15, 0.2) is 53.1 Å². The maximum absolute atomic E-state index is 13.2. The molecule has 0 aliphatic carbocycles. The van der Waals surface area contributed by atoms with E-state index in [0.717, 1.165) is 11.1 Å². The molecule has 1 saturated heterocycles. The number of rotatable bonds is 5. The number of hydrogen-bond acceptors (Lipinski definition) is 7. The van der Waals surface area contributed by atoms with Gasteiger partial charge in [0.15, 0.2) is 5.69 Å². The molecule has 9 nitrogen and oxygen atoms in total. The van der Waals surface area contributed by atoms with E-state index in [2.05, 4.69) is 25.4 Å². The van der Waals surface area contributed by atoms with Crippen molar-refractivity contribution in [1.82, 2.24) is 34.9 Å². The maximum atomic E-state index is 13.2. The quantitative estimate of drug-likeness (QED) is 0.451. The Morgan fingerprint density at radius 2 is 1.76 bits per heavy atom. The first-order chi connectivity index (χ1) is 16.5. The number of carbonyl (C=O) groups is 1. The number of benzene rings is 2. The van der Waals surface area contributed by atoms with Gasteiger partial charge in [0.25, 0.3) is 5.91 Å². The molecule has 0 atom stereocenters. The Balaban J connectivity index is 1.20. The second-order valence-electron chi connectivity index (χ2n) is 8.31. The summed E-state index contributed by atoms with van der Waals surface area (Å²) in [6, 6.07) is 13.8. The number of carbonyl (C=O) groups excluding carboxylic acids is 1. The first-order valence-electron chi connectivity index (χ1n) is 11.1. The second kappa shape index (κ2) is 9.14. The largest absolute Gasteiger partial charge is 0.338 e. The van der Waals surface area contributed by atoms with Crippen LogP contribution in [0.5, 0.6) is 0 Å². The molecule has 4 aromatic rings. The third-order valence-corrected chi connectivity index (χ3v) is 6.04. The van der Waals surface area contributed by atoms with Gasteiger partial charge in [-0.2, -0.15) is 4.98 Å². The summed E-state index contributed by atoms with van der Waals surface area (Å²) in [5, 5.41) is 12.3. The van der Waals surface area contributed by atoms with E-state index >= 15 is 0 Å². The van der Waals surface area contributed by atoms with Crippen molar-refractivity contribution in [3.63, 3.8) is 0 Å². The Labute approximate surface area is 195 Å². The summed E-state index contributed by atoms with van der Waals surface area (Å²) < 4.78 is 20.2. The standard InChI is InChI=1S/C24H24FN7O2/c1-16-5-3-4-6-20(16)23-26-21(34-28-23)15-30-11-13-31(14-12-30)24(33)22-17(2)32(29-27-22)19-9-7-18(25)8-10-19/h3-10H,11-15H2,1-2H3. The van der Waals surface area contributed by atoms with Crippen LogP contribution >= 0.6 is 0 Å². The van der Waals surface area contributed by atoms with Gasteiger partial charge in [-0.15, -0.1) is 5.10 Å². The predicted octanol–water partition coefficient (Wildman–Crippen LogP) is 3.03. The summed E-state index contributed by atoms with van der Waals surface area (Å²) in [6.45, 7) is 6.80. The minimum absolute atomic E-state index is 0.162. The van der Waals surface area contributed by atoms with Gasteiger partial charge in [0.05, 0.1) is 17.9 Å². The lowest BCUT2D eigenvalue weighted by Crippen LogP contribution is -2.48. The number of halogens is 1. The molecular formula is C24H24FN7O2. The number of hydrogen-bond donors (Lipinski definition) is 0. The van der Waals surface area contributed by atoms with Crippen LogP contribution < -0.4 is 0 Å². The van der Waals surface area contributed by atoms with Crippen LogP contribution in [0.4, 0.5) is 4.39 Å². The van der Waals surface area contributed by atoms with Crippen LogP contribution in [-0.4, -0.2) is 67.0 Å². The molecule has 0 saturated carbocycles. The first kappa shape index (κ1) is 21.9. The molecule has 2 aromatic carbocycles. The molecule has 1 fully saturated rings. The molecule has 34 heavy (non-hydrogen) atoms. The predicted molar refractivity (Wildman–Crippen MR) is 122 cm³/mol. The van der Waals surface area contributed by atoms with Gasteiger partial charge >= 0.3 is 0 Å². The zero-order valence-electron chi connectivity index (χ0n) is 19.0. The van der Waals surface area contributed by atoms with Crippen molar-refractivity contribution >= 4 is 5.91 Å². The maximum Gasteiger partial charge on any atom is 0.276 e. The minimum atomic E-state index is -0.331. The SMILES string of the molecule is Cc1ccccc1-c1noc(CN2CCN(C(=O)c3nnn(-c4ccc(F)cc4)c3C)CC2)n1. The molecule has 5 rings (SSSR count). The number of aryl methyl sites for hydroxylation is 1. The number of piperazine rings is 1. The van der Waals surface area contributed by atoms with E-state index in [1.807, 2.05) is 31.2 Å². The molecule has 0 radical (unpaired) electrons. The molecule has 0 spiro atoms. The molecule has 3 heterocycles. The molecular weight excluding hydrogens is 437 g/mol. The Morgan fingerprint density at radius 1 is 1.03 bits per heavy atom. The lowest BCUT2D eigenvalue weighted by Gasteiger charge is -2.33. The van der Waals surface area contributed by atoms with Crippen molar-refractivity contribution in [3.05, 3.63) is 77.2 Å². The number of aromatic nitrogens is 5. The lowest BCUT2D eigenvalue weighted by molar-refractivity contribution is 0.0608. The van der Waals surface area contributed by atoms with E-state index in [1.165, 1.54) is 12.1 Å².